The monoisotopic (exact) mass is 447 g/mol. The maximum absolute atomic E-state index is 13.0. The number of H-pyrrole nitrogens is 1. The van der Waals surface area contributed by atoms with Gasteiger partial charge in [0.05, 0.1) is 22.4 Å². The first kappa shape index (κ1) is 20.5. The zero-order valence-electron chi connectivity index (χ0n) is 15.7. The summed E-state index contributed by atoms with van der Waals surface area (Å²) in [6.45, 7) is 1.63. The zero-order chi connectivity index (χ0) is 22.2. The van der Waals surface area contributed by atoms with E-state index in [-0.39, 0.29) is 16.8 Å². The second-order valence-electron chi connectivity index (χ2n) is 6.30. The van der Waals surface area contributed by atoms with Crippen LogP contribution in [0.1, 0.15) is 15.5 Å². The van der Waals surface area contributed by atoms with Gasteiger partial charge in [-0.3, -0.25) is 14.9 Å². The molecule has 3 aromatic heterocycles. The molecule has 158 valence electrons. The highest BCUT2D eigenvalue weighted by atomic mass is 32.1. The largest absolute Gasteiger partial charge is 0.493 e. The summed E-state index contributed by atoms with van der Waals surface area (Å²) in [5.41, 5.74) is 1.26. The minimum Gasteiger partial charge on any atom is -0.324 e. The Morgan fingerprint density at radius 2 is 2.00 bits per heavy atom. The number of carbonyl (C=O) groups excluding carboxylic acids is 2. The number of carbonyl (C=O) groups is 2. The van der Waals surface area contributed by atoms with Gasteiger partial charge in [0.2, 0.25) is 0 Å². The van der Waals surface area contributed by atoms with E-state index in [9.17, 15) is 22.8 Å². The van der Waals surface area contributed by atoms with Crippen LogP contribution in [-0.2, 0) is 9.63 Å². The molecule has 0 spiro atoms. The lowest BCUT2D eigenvalue weighted by Gasteiger charge is -2.22. The Bertz CT molecular complexity index is 1270. The lowest BCUT2D eigenvalue weighted by atomic mass is 10.0. The van der Waals surface area contributed by atoms with Crippen LogP contribution in [0.5, 0.6) is 0 Å². The van der Waals surface area contributed by atoms with E-state index in [0.29, 0.717) is 26.7 Å². The van der Waals surface area contributed by atoms with Gasteiger partial charge in [0, 0.05) is 28.7 Å². The van der Waals surface area contributed by atoms with Crippen LogP contribution >= 0.6 is 11.3 Å². The fraction of sp³-hybridized carbons (Fsp3) is 0.105. The van der Waals surface area contributed by atoms with Gasteiger partial charge in [0.15, 0.2) is 0 Å². The molecule has 3 heterocycles. The summed E-state index contributed by atoms with van der Waals surface area (Å²) in [5, 5.41) is 9.04. The first-order valence-corrected chi connectivity index (χ1v) is 9.55. The van der Waals surface area contributed by atoms with Crippen molar-refractivity contribution in [1.29, 1.82) is 0 Å². The predicted molar refractivity (Wildman–Crippen MR) is 105 cm³/mol. The van der Waals surface area contributed by atoms with Gasteiger partial charge in [-0.15, -0.1) is 16.4 Å². The average Bonchev–Trinajstić information content (AvgIpc) is 3.39. The third kappa shape index (κ3) is 4.10. The maximum atomic E-state index is 13.0. The fourth-order valence-corrected chi connectivity index (χ4v) is 3.39. The van der Waals surface area contributed by atoms with Crippen LogP contribution in [0.2, 0.25) is 0 Å². The Balaban J connectivity index is 1.88. The van der Waals surface area contributed by atoms with E-state index >= 15 is 0 Å². The molecule has 0 saturated heterocycles. The Morgan fingerprint density at radius 3 is 2.65 bits per heavy atom. The summed E-state index contributed by atoms with van der Waals surface area (Å²) in [7, 11) is 0. The summed E-state index contributed by atoms with van der Waals surface area (Å²) in [6, 6.07) is 6.50. The number of anilines is 1. The fourth-order valence-electron chi connectivity index (χ4n) is 2.80. The second kappa shape index (κ2) is 7.80. The highest BCUT2D eigenvalue weighted by Gasteiger charge is 2.44. The van der Waals surface area contributed by atoms with E-state index in [1.54, 1.807) is 37.5 Å². The van der Waals surface area contributed by atoms with Gasteiger partial charge in [-0.05, 0) is 30.7 Å². The number of rotatable bonds is 3. The summed E-state index contributed by atoms with van der Waals surface area (Å²) in [4.78, 5) is 37.2. The smallest absolute Gasteiger partial charge is 0.324 e. The van der Waals surface area contributed by atoms with Crippen molar-refractivity contribution in [3.05, 3.63) is 58.9 Å². The van der Waals surface area contributed by atoms with Crippen LogP contribution in [0, 0.1) is 6.92 Å². The number of aryl methyl sites for hydroxylation is 1. The molecule has 8 nitrogen and oxygen atoms in total. The van der Waals surface area contributed by atoms with Crippen LogP contribution < -0.4 is 5.06 Å². The van der Waals surface area contributed by atoms with Crippen molar-refractivity contribution < 1.29 is 27.6 Å². The number of alkyl halides is 3. The van der Waals surface area contributed by atoms with Crippen molar-refractivity contribution in [3.8, 4) is 11.1 Å². The molecule has 0 aliphatic rings. The van der Waals surface area contributed by atoms with Crippen molar-refractivity contribution in [2.24, 2.45) is 0 Å². The van der Waals surface area contributed by atoms with Crippen LogP contribution in [0.4, 0.5) is 18.9 Å². The van der Waals surface area contributed by atoms with Crippen LogP contribution in [0.25, 0.3) is 22.0 Å². The molecule has 0 unspecified atom stereocenters. The Kier molecular flexibility index (Phi) is 5.15. The van der Waals surface area contributed by atoms with Crippen LogP contribution in [-0.4, -0.2) is 38.2 Å². The number of nitrogens with zero attached hydrogens (tertiary/aromatic N) is 4. The number of hydroxylamine groups is 1. The highest BCUT2D eigenvalue weighted by molar-refractivity contribution is 7.09. The van der Waals surface area contributed by atoms with E-state index in [1.165, 1.54) is 17.6 Å². The third-order valence-electron chi connectivity index (χ3n) is 4.18. The average molecular weight is 447 g/mol. The molecule has 12 heteroatoms. The maximum Gasteiger partial charge on any atom is 0.493 e. The molecule has 0 aliphatic heterocycles. The SMILES string of the molecule is Cc1nc(C(=O)N(OC(=O)C(F)(F)F)c2cc(-c3cccnc3)cc3[nH]ncc23)cs1. The Hall–Kier alpha value is -3.80. The van der Waals surface area contributed by atoms with E-state index in [0.717, 1.165) is 11.3 Å². The normalized spacial score (nSPS) is 11.5. The number of fused-ring (bicyclic) bond motifs is 1. The van der Waals surface area contributed by atoms with Crippen LogP contribution in [0.15, 0.2) is 48.2 Å². The Labute approximate surface area is 176 Å². The second-order valence-corrected chi connectivity index (χ2v) is 7.36. The molecule has 31 heavy (non-hydrogen) atoms. The van der Waals surface area contributed by atoms with Gasteiger partial charge in [-0.2, -0.15) is 18.3 Å². The molecule has 0 fully saturated rings. The number of benzene rings is 1. The first-order valence-electron chi connectivity index (χ1n) is 8.67. The molecule has 1 N–H and O–H groups in total. The lowest BCUT2D eigenvalue weighted by Crippen LogP contribution is -2.39. The lowest BCUT2D eigenvalue weighted by molar-refractivity contribution is -0.199. The summed E-state index contributed by atoms with van der Waals surface area (Å²) < 4.78 is 38.8. The standard InChI is InChI=1S/C19H12F3N5O3S/c1-10-25-15(9-31-10)17(28)27(30-18(29)19(20,21)22)16-6-12(11-3-2-4-23-7-11)5-14-13(16)8-24-26-14/h2-9H,1H3,(H,24,26). The molecule has 0 radical (unpaired) electrons. The minimum atomic E-state index is -5.31. The molecule has 1 amide bonds. The molecule has 0 atom stereocenters. The van der Waals surface area contributed by atoms with Gasteiger partial charge >= 0.3 is 18.1 Å². The predicted octanol–water partition coefficient (Wildman–Crippen LogP) is 4.06. The van der Waals surface area contributed by atoms with E-state index in [1.807, 2.05) is 0 Å². The van der Waals surface area contributed by atoms with Crippen molar-refractivity contribution in [3.63, 3.8) is 0 Å². The number of hydrogen-bond acceptors (Lipinski definition) is 7. The molecular formula is C19H12F3N5O3S. The van der Waals surface area contributed by atoms with Gasteiger partial charge in [-0.1, -0.05) is 6.07 Å². The molecule has 0 saturated carbocycles. The molecule has 1 aromatic carbocycles. The van der Waals surface area contributed by atoms with Gasteiger partial charge in [-0.25, -0.2) is 9.78 Å². The number of halogens is 3. The van der Waals surface area contributed by atoms with Crippen LogP contribution in [0.3, 0.4) is 0 Å². The minimum absolute atomic E-state index is 0.113. The molecule has 0 bridgehead atoms. The third-order valence-corrected chi connectivity index (χ3v) is 4.95. The van der Waals surface area contributed by atoms with Crippen molar-refractivity contribution in [2.45, 2.75) is 13.1 Å². The molecule has 4 aromatic rings. The van der Waals surface area contributed by atoms with Gasteiger partial charge < -0.3 is 4.84 Å². The summed E-state index contributed by atoms with van der Waals surface area (Å²) >= 11 is 1.13. The number of thiazole rings is 1. The first-order chi connectivity index (χ1) is 14.7. The molecular weight excluding hydrogens is 435 g/mol. The summed E-state index contributed by atoms with van der Waals surface area (Å²) in [6.07, 6.45) is -0.900. The van der Waals surface area contributed by atoms with Gasteiger partial charge in [0.1, 0.15) is 5.69 Å². The topological polar surface area (TPSA) is 101 Å². The number of pyridine rings is 1. The zero-order valence-corrected chi connectivity index (χ0v) is 16.5. The quantitative estimate of drug-likeness (QED) is 0.476. The number of amides is 1. The van der Waals surface area contributed by atoms with Crippen molar-refractivity contribution >= 4 is 39.8 Å². The number of aromatic nitrogens is 4. The van der Waals surface area contributed by atoms with Gasteiger partial charge in [0.25, 0.3) is 0 Å². The van der Waals surface area contributed by atoms with Crippen molar-refractivity contribution in [1.82, 2.24) is 20.2 Å². The number of hydrogen-bond donors (Lipinski definition) is 1. The summed E-state index contributed by atoms with van der Waals surface area (Å²) in [5.74, 6) is -3.58. The number of nitrogens with one attached hydrogen (secondary N) is 1. The molecule has 0 aliphatic carbocycles. The molecule has 4 rings (SSSR count). The number of aromatic amines is 1. The Morgan fingerprint density at radius 1 is 1.19 bits per heavy atom. The van der Waals surface area contributed by atoms with E-state index in [2.05, 4.69) is 25.0 Å². The highest BCUT2D eigenvalue weighted by Crippen LogP contribution is 2.34. The van der Waals surface area contributed by atoms with E-state index in [4.69, 9.17) is 0 Å². The van der Waals surface area contributed by atoms with E-state index < -0.39 is 18.1 Å². The van der Waals surface area contributed by atoms with Crippen molar-refractivity contribution in [2.75, 3.05) is 5.06 Å².